The van der Waals surface area contributed by atoms with Gasteiger partial charge in [0.2, 0.25) is 5.91 Å². The Balaban J connectivity index is 1.16. The lowest BCUT2D eigenvalue weighted by atomic mass is 9.84. The highest BCUT2D eigenvalue weighted by Gasteiger charge is 2.45. The van der Waals surface area contributed by atoms with Crippen LogP contribution in [-0.4, -0.2) is 53.0 Å². The lowest BCUT2D eigenvalue weighted by Crippen LogP contribution is -2.55. The van der Waals surface area contributed by atoms with Crippen molar-refractivity contribution in [1.29, 1.82) is 0 Å². The average Bonchev–Trinajstić information content (AvgIpc) is 3.36. The molecule has 9 heteroatoms. The van der Waals surface area contributed by atoms with E-state index in [0.29, 0.717) is 30.8 Å². The van der Waals surface area contributed by atoms with E-state index in [2.05, 4.69) is 4.90 Å². The second-order valence-electron chi connectivity index (χ2n) is 10.3. The van der Waals surface area contributed by atoms with Crippen molar-refractivity contribution in [2.24, 2.45) is 0 Å². The van der Waals surface area contributed by atoms with E-state index in [9.17, 15) is 22.8 Å². The van der Waals surface area contributed by atoms with Crippen molar-refractivity contribution in [2.45, 2.75) is 48.7 Å². The number of carbonyl (C=O) groups is 2. The van der Waals surface area contributed by atoms with Gasteiger partial charge in [-0.2, -0.15) is 13.2 Å². The molecule has 0 unspecified atom stereocenters. The zero-order chi connectivity index (χ0) is 28.3. The molecule has 1 spiro atoms. The van der Waals surface area contributed by atoms with Gasteiger partial charge in [0, 0.05) is 35.6 Å². The molecule has 2 amide bonds. The Bertz CT molecular complexity index is 1330. The summed E-state index contributed by atoms with van der Waals surface area (Å²) in [7, 11) is 0. The highest BCUT2D eigenvalue weighted by atomic mass is 32.2. The van der Waals surface area contributed by atoms with Gasteiger partial charge in [-0.3, -0.25) is 9.59 Å². The molecule has 2 aliphatic heterocycles. The number of ether oxygens (including phenoxy) is 1. The molecule has 0 N–H and O–H groups in total. The van der Waals surface area contributed by atoms with E-state index in [4.69, 9.17) is 4.74 Å². The van der Waals surface area contributed by atoms with Gasteiger partial charge in [-0.25, -0.2) is 0 Å². The van der Waals surface area contributed by atoms with Crippen LogP contribution in [0.25, 0.3) is 0 Å². The molecule has 210 valence electrons. The number of thioether (sulfide) groups is 1. The summed E-state index contributed by atoms with van der Waals surface area (Å²) in [5.74, 6) is 0.775. The van der Waals surface area contributed by atoms with Gasteiger partial charge in [0.15, 0.2) is 0 Å². The highest BCUT2D eigenvalue weighted by Crippen LogP contribution is 2.39. The highest BCUT2D eigenvalue weighted by molar-refractivity contribution is 7.98. The molecule has 5 rings (SSSR count). The summed E-state index contributed by atoms with van der Waals surface area (Å²) >= 11 is 1.68. The molecule has 2 saturated heterocycles. The van der Waals surface area contributed by atoms with Gasteiger partial charge in [-0.05, 0) is 98.2 Å². The van der Waals surface area contributed by atoms with E-state index in [0.717, 1.165) is 49.9 Å². The number of carbonyl (C=O) groups excluding carboxylic acids is 2. The van der Waals surface area contributed by atoms with Crippen LogP contribution in [0.2, 0.25) is 0 Å². The molecular weight excluding hydrogens is 537 g/mol. The summed E-state index contributed by atoms with van der Waals surface area (Å²) in [5.41, 5.74) is 0.606. The molecule has 5 nitrogen and oxygen atoms in total. The van der Waals surface area contributed by atoms with Crippen LogP contribution in [0.15, 0.2) is 77.7 Å². The number of amides is 2. The maximum Gasteiger partial charge on any atom is 0.416 e. The third-order valence-electron chi connectivity index (χ3n) is 7.91. The van der Waals surface area contributed by atoms with Gasteiger partial charge in [0.05, 0.1) is 12.0 Å². The Kier molecular flexibility index (Phi) is 8.12. The van der Waals surface area contributed by atoms with E-state index in [-0.39, 0.29) is 23.1 Å². The first-order valence-electron chi connectivity index (χ1n) is 13.3. The molecule has 40 heavy (non-hydrogen) atoms. The van der Waals surface area contributed by atoms with Gasteiger partial charge in [-0.1, -0.05) is 12.1 Å². The monoisotopic (exact) mass is 568 g/mol. The van der Waals surface area contributed by atoms with Crippen LogP contribution in [-0.2, 0) is 17.4 Å². The first kappa shape index (κ1) is 28.1. The zero-order valence-corrected chi connectivity index (χ0v) is 23.1. The van der Waals surface area contributed by atoms with Crippen molar-refractivity contribution in [3.05, 3.63) is 89.5 Å². The van der Waals surface area contributed by atoms with Crippen molar-refractivity contribution >= 4 is 23.6 Å². The SMILES string of the molecule is CSc1ccc(CC(=O)N2CCCC23CCN(C(=O)c2ccc(Oc4ccc(C(F)(F)F)cc4)cc2)CC3)cc1. The van der Waals surface area contributed by atoms with E-state index >= 15 is 0 Å². The van der Waals surface area contributed by atoms with Crippen molar-refractivity contribution in [3.8, 4) is 11.5 Å². The number of halogens is 3. The minimum absolute atomic E-state index is 0.0827. The maximum atomic E-state index is 13.3. The molecule has 0 radical (unpaired) electrons. The number of alkyl halides is 3. The molecule has 0 aromatic heterocycles. The predicted octanol–water partition coefficient (Wildman–Crippen LogP) is 7.06. The fraction of sp³-hybridized carbons (Fsp3) is 0.355. The van der Waals surface area contributed by atoms with Crippen molar-refractivity contribution in [2.75, 3.05) is 25.9 Å². The first-order chi connectivity index (χ1) is 19.2. The van der Waals surface area contributed by atoms with Crippen LogP contribution in [0.5, 0.6) is 11.5 Å². The Morgan fingerprint density at radius 1 is 0.850 bits per heavy atom. The molecule has 2 heterocycles. The molecule has 0 saturated carbocycles. The standard InChI is InChI=1S/C31H31F3N2O3S/c1-40-27-13-3-22(4-14-27)21-28(37)36-18-2-15-30(36)16-19-35(20-17-30)29(38)23-5-9-25(10-6-23)39-26-11-7-24(8-12-26)31(32,33)34/h3-14H,2,15-21H2,1H3. The lowest BCUT2D eigenvalue weighted by molar-refractivity contribution is -0.138. The van der Waals surface area contributed by atoms with Crippen LogP contribution < -0.4 is 4.74 Å². The molecule has 2 fully saturated rings. The van der Waals surface area contributed by atoms with Gasteiger partial charge in [0.1, 0.15) is 11.5 Å². The van der Waals surface area contributed by atoms with Gasteiger partial charge in [0.25, 0.3) is 5.91 Å². The van der Waals surface area contributed by atoms with Crippen LogP contribution in [0.1, 0.15) is 47.2 Å². The summed E-state index contributed by atoms with van der Waals surface area (Å²) in [6, 6.07) is 19.2. The van der Waals surface area contributed by atoms with Crippen LogP contribution >= 0.6 is 11.8 Å². The zero-order valence-electron chi connectivity index (χ0n) is 22.2. The molecule has 0 bridgehead atoms. The maximum absolute atomic E-state index is 13.3. The van der Waals surface area contributed by atoms with Crippen LogP contribution in [0.4, 0.5) is 13.2 Å². The third kappa shape index (κ3) is 6.14. The fourth-order valence-electron chi connectivity index (χ4n) is 5.68. The fourth-order valence-corrected chi connectivity index (χ4v) is 6.09. The number of piperidine rings is 1. The number of hydrogen-bond donors (Lipinski definition) is 0. The Labute approximate surface area is 236 Å². The number of hydrogen-bond acceptors (Lipinski definition) is 4. The summed E-state index contributed by atoms with van der Waals surface area (Å²) < 4.78 is 44.0. The average molecular weight is 569 g/mol. The van der Waals surface area contributed by atoms with Crippen molar-refractivity contribution in [3.63, 3.8) is 0 Å². The van der Waals surface area contributed by atoms with Gasteiger partial charge in [-0.15, -0.1) is 11.8 Å². The molecule has 3 aromatic rings. The van der Waals surface area contributed by atoms with Crippen LogP contribution in [0.3, 0.4) is 0 Å². The normalized spacial score (nSPS) is 16.8. The molecule has 3 aromatic carbocycles. The molecule has 0 atom stereocenters. The predicted molar refractivity (Wildman–Crippen MR) is 149 cm³/mol. The summed E-state index contributed by atoms with van der Waals surface area (Å²) in [6.07, 6.45) is 1.46. The Morgan fingerprint density at radius 2 is 1.45 bits per heavy atom. The Hall–Kier alpha value is -3.46. The summed E-state index contributed by atoms with van der Waals surface area (Å²) in [5, 5.41) is 0. The molecular formula is C31H31F3N2O3S. The number of likely N-dealkylation sites (tertiary alicyclic amines) is 2. The first-order valence-corrected chi connectivity index (χ1v) is 14.6. The second kappa shape index (κ2) is 11.6. The molecule has 0 aliphatic carbocycles. The topological polar surface area (TPSA) is 49.9 Å². The number of nitrogens with zero attached hydrogens (tertiary/aromatic N) is 2. The summed E-state index contributed by atoms with van der Waals surface area (Å²) in [4.78, 5) is 31.6. The lowest BCUT2D eigenvalue weighted by Gasteiger charge is -2.45. The van der Waals surface area contributed by atoms with E-state index in [1.165, 1.54) is 17.0 Å². The minimum Gasteiger partial charge on any atom is -0.457 e. The van der Waals surface area contributed by atoms with Crippen molar-refractivity contribution in [1.82, 2.24) is 9.80 Å². The Morgan fingerprint density at radius 3 is 2.02 bits per heavy atom. The van der Waals surface area contributed by atoms with Gasteiger partial charge >= 0.3 is 6.18 Å². The van der Waals surface area contributed by atoms with Crippen LogP contribution in [0, 0.1) is 0 Å². The largest absolute Gasteiger partial charge is 0.457 e. The summed E-state index contributed by atoms with van der Waals surface area (Å²) in [6.45, 7) is 1.92. The number of benzene rings is 3. The van der Waals surface area contributed by atoms with E-state index < -0.39 is 11.7 Å². The third-order valence-corrected chi connectivity index (χ3v) is 8.66. The second-order valence-corrected chi connectivity index (χ2v) is 11.2. The van der Waals surface area contributed by atoms with Gasteiger partial charge < -0.3 is 14.5 Å². The molecule has 2 aliphatic rings. The minimum atomic E-state index is -4.40. The van der Waals surface area contributed by atoms with Crippen molar-refractivity contribution < 1.29 is 27.5 Å². The van der Waals surface area contributed by atoms with E-state index in [1.807, 2.05) is 35.4 Å². The number of rotatable bonds is 6. The smallest absolute Gasteiger partial charge is 0.416 e. The van der Waals surface area contributed by atoms with E-state index in [1.54, 1.807) is 36.0 Å². The quantitative estimate of drug-likeness (QED) is 0.299.